The molecule has 0 radical (unpaired) electrons. The highest BCUT2D eigenvalue weighted by Crippen LogP contribution is 2.21. The molecule has 5 nitrogen and oxygen atoms in total. The van der Waals surface area contributed by atoms with Gasteiger partial charge in [0.25, 0.3) is 0 Å². The molecule has 2 atom stereocenters. The Morgan fingerprint density at radius 1 is 1.30 bits per heavy atom. The van der Waals surface area contributed by atoms with Gasteiger partial charge in [-0.3, -0.25) is 4.99 Å². The summed E-state index contributed by atoms with van der Waals surface area (Å²) in [5, 5.41) is 3.47. The molecule has 1 aromatic carbocycles. The highest BCUT2D eigenvalue weighted by Gasteiger charge is 2.32. The van der Waals surface area contributed by atoms with Gasteiger partial charge < -0.3 is 19.7 Å². The fourth-order valence-electron chi connectivity index (χ4n) is 3.32. The first kappa shape index (κ1) is 16.3. The topological polar surface area (TPSA) is 46.1 Å². The molecule has 3 rings (SSSR count). The lowest BCUT2D eigenvalue weighted by molar-refractivity contribution is -0.0817. The van der Waals surface area contributed by atoms with E-state index in [1.807, 2.05) is 7.05 Å². The number of rotatable bonds is 3. The number of aliphatic imine (C=N–C) groups is 1. The standard InChI is InChI=1S/C18H27N3O2/c1-14-5-3-6-15(11-14)12-20-18(19-2)21-8-10-23-17(13-21)16-7-4-9-22-16/h3,5-6,11,16-17H,4,7-10,12-13H2,1-2H3,(H,19,20). The van der Waals surface area contributed by atoms with E-state index >= 15 is 0 Å². The summed E-state index contributed by atoms with van der Waals surface area (Å²) in [4.78, 5) is 6.73. The predicted molar refractivity (Wildman–Crippen MR) is 91.7 cm³/mol. The summed E-state index contributed by atoms with van der Waals surface area (Å²) in [5.74, 6) is 0.942. The number of benzene rings is 1. The van der Waals surface area contributed by atoms with Crippen molar-refractivity contribution in [3.63, 3.8) is 0 Å². The molecule has 126 valence electrons. The number of nitrogens with zero attached hydrogens (tertiary/aromatic N) is 2. The quantitative estimate of drug-likeness (QED) is 0.684. The number of aryl methyl sites for hydroxylation is 1. The maximum Gasteiger partial charge on any atom is 0.194 e. The number of guanidine groups is 1. The Morgan fingerprint density at radius 2 is 2.17 bits per heavy atom. The third-order valence-corrected chi connectivity index (χ3v) is 4.52. The first-order valence-electron chi connectivity index (χ1n) is 8.50. The van der Waals surface area contributed by atoms with Crippen molar-refractivity contribution in [1.82, 2.24) is 10.2 Å². The van der Waals surface area contributed by atoms with Gasteiger partial charge in [-0.1, -0.05) is 29.8 Å². The van der Waals surface area contributed by atoms with Crippen molar-refractivity contribution in [1.29, 1.82) is 0 Å². The van der Waals surface area contributed by atoms with Crippen molar-refractivity contribution in [2.45, 2.75) is 38.5 Å². The highest BCUT2D eigenvalue weighted by atomic mass is 16.5. The molecular formula is C18H27N3O2. The van der Waals surface area contributed by atoms with Crippen molar-refractivity contribution < 1.29 is 9.47 Å². The van der Waals surface area contributed by atoms with E-state index < -0.39 is 0 Å². The maximum absolute atomic E-state index is 5.92. The summed E-state index contributed by atoms with van der Waals surface area (Å²) < 4.78 is 11.7. The van der Waals surface area contributed by atoms with Crippen LogP contribution in [0.5, 0.6) is 0 Å². The monoisotopic (exact) mass is 317 g/mol. The summed E-state index contributed by atoms with van der Waals surface area (Å²) in [6, 6.07) is 8.56. The Kier molecular flexibility index (Phi) is 5.51. The zero-order chi connectivity index (χ0) is 16.1. The molecule has 1 aromatic rings. The van der Waals surface area contributed by atoms with Crippen molar-refractivity contribution in [3.05, 3.63) is 35.4 Å². The molecule has 0 saturated carbocycles. The van der Waals surface area contributed by atoms with Crippen LogP contribution >= 0.6 is 0 Å². The van der Waals surface area contributed by atoms with Crippen molar-refractivity contribution in [2.24, 2.45) is 4.99 Å². The van der Waals surface area contributed by atoms with Crippen LogP contribution < -0.4 is 5.32 Å². The SMILES string of the molecule is CN=C(NCc1cccc(C)c1)N1CCOC(C2CCCO2)C1. The van der Waals surface area contributed by atoms with Crippen molar-refractivity contribution >= 4 is 5.96 Å². The van der Waals surface area contributed by atoms with Gasteiger partial charge in [0.1, 0.15) is 6.10 Å². The van der Waals surface area contributed by atoms with E-state index in [0.29, 0.717) is 0 Å². The van der Waals surface area contributed by atoms with E-state index in [-0.39, 0.29) is 12.2 Å². The van der Waals surface area contributed by atoms with Gasteiger partial charge in [-0.2, -0.15) is 0 Å². The van der Waals surface area contributed by atoms with Crippen molar-refractivity contribution in [3.8, 4) is 0 Å². The summed E-state index contributed by atoms with van der Waals surface area (Å²) in [5.41, 5.74) is 2.55. The summed E-state index contributed by atoms with van der Waals surface area (Å²) in [6.07, 6.45) is 2.65. The Labute approximate surface area is 138 Å². The number of ether oxygens (including phenoxy) is 2. The lowest BCUT2D eigenvalue weighted by Crippen LogP contribution is -2.53. The van der Waals surface area contributed by atoms with E-state index in [9.17, 15) is 0 Å². The molecule has 0 spiro atoms. The first-order chi connectivity index (χ1) is 11.3. The zero-order valence-electron chi connectivity index (χ0n) is 14.1. The molecule has 5 heteroatoms. The summed E-state index contributed by atoms with van der Waals surface area (Å²) >= 11 is 0. The Morgan fingerprint density at radius 3 is 2.91 bits per heavy atom. The van der Waals surface area contributed by atoms with Crippen LogP contribution in [0.25, 0.3) is 0 Å². The molecule has 2 aliphatic heterocycles. The fourth-order valence-corrected chi connectivity index (χ4v) is 3.32. The van der Waals surface area contributed by atoms with Crippen molar-refractivity contribution in [2.75, 3.05) is 33.4 Å². The molecule has 0 aliphatic carbocycles. The lowest BCUT2D eigenvalue weighted by atomic mass is 10.1. The smallest absolute Gasteiger partial charge is 0.194 e. The Hall–Kier alpha value is -1.59. The Bertz CT molecular complexity index is 541. The average molecular weight is 317 g/mol. The van der Waals surface area contributed by atoms with Gasteiger partial charge in [-0.05, 0) is 25.3 Å². The third kappa shape index (κ3) is 4.24. The lowest BCUT2D eigenvalue weighted by Gasteiger charge is -2.37. The summed E-state index contributed by atoms with van der Waals surface area (Å²) in [6.45, 7) is 6.22. The van der Waals surface area contributed by atoms with E-state index in [0.717, 1.165) is 51.6 Å². The third-order valence-electron chi connectivity index (χ3n) is 4.52. The van der Waals surface area contributed by atoms with E-state index in [4.69, 9.17) is 9.47 Å². The molecule has 23 heavy (non-hydrogen) atoms. The first-order valence-corrected chi connectivity index (χ1v) is 8.50. The zero-order valence-corrected chi connectivity index (χ0v) is 14.1. The molecule has 2 fully saturated rings. The van der Waals surface area contributed by atoms with Crippen LogP contribution in [0.3, 0.4) is 0 Å². The number of hydrogen-bond donors (Lipinski definition) is 1. The largest absolute Gasteiger partial charge is 0.375 e. The molecule has 2 unspecified atom stereocenters. The van der Waals surface area contributed by atoms with Gasteiger partial charge in [-0.15, -0.1) is 0 Å². The molecule has 2 heterocycles. The average Bonchev–Trinajstić information content (AvgIpc) is 3.10. The van der Waals surface area contributed by atoms with Gasteiger partial charge in [0.05, 0.1) is 12.7 Å². The van der Waals surface area contributed by atoms with E-state index in [1.165, 1.54) is 11.1 Å². The normalized spacial score (nSPS) is 25.7. The van der Waals surface area contributed by atoms with Crippen LogP contribution in [0, 0.1) is 6.92 Å². The summed E-state index contributed by atoms with van der Waals surface area (Å²) in [7, 11) is 1.84. The second kappa shape index (κ2) is 7.79. The highest BCUT2D eigenvalue weighted by molar-refractivity contribution is 5.80. The fraction of sp³-hybridized carbons (Fsp3) is 0.611. The van der Waals surface area contributed by atoms with E-state index in [1.54, 1.807) is 0 Å². The molecule has 2 saturated heterocycles. The van der Waals surface area contributed by atoms with E-state index in [2.05, 4.69) is 46.4 Å². The number of morpholine rings is 1. The molecule has 1 N–H and O–H groups in total. The minimum atomic E-state index is 0.156. The Balaban J connectivity index is 1.57. The van der Waals surface area contributed by atoms with Gasteiger partial charge in [0.15, 0.2) is 5.96 Å². The predicted octanol–water partition coefficient (Wildman–Crippen LogP) is 1.95. The van der Waals surface area contributed by atoms with Crippen LogP contribution in [0.1, 0.15) is 24.0 Å². The minimum Gasteiger partial charge on any atom is -0.375 e. The van der Waals surface area contributed by atoms with Crippen LogP contribution in [-0.4, -0.2) is 56.4 Å². The molecule has 0 amide bonds. The van der Waals surface area contributed by atoms with Gasteiger partial charge in [0.2, 0.25) is 0 Å². The second-order valence-electron chi connectivity index (χ2n) is 6.30. The molecular weight excluding hydrogens is 290 g/mol. The number of hydrogen-bond acceptors (Lipinski definition) is 3. The molecule has 0 aromatic heterocycles. The molecule has 0 bridgehead atoms. The molecule has 2 aliphatic rings. The minimum absolute atomic E-state index is 0.156. The second-order valence-corrected chi connectivity index (χ2v) is 6.30. The van der Waals surface area contributed by atoms with Gasteiger partial charge in [-0.25, -0.2) is 0 Å². The van der Waals surface area contributed by atoms with Crippen LogP contribution in [0.2, 0.25) is 0 Å². The number of nitrogens with one attached hydrogen (secondary N) is 1. The van der Waals surface area contributed by atoms with Crippen LogP contribution in [-0.2, 0) is 16.0 Å². The van der Waals surface area contributed by atoms with Gasteiger partial charge in [0, 0.05) is 33.3 Å². The maximum atomic E-state index is 5.92. The van der Waals surface area contributed by atoms with Gasteiger partial charge >= 0.3 is 0 Å². The van der Waals surface area contributed by atoms with Crippen LogP contribution in [0.15, 0.2) is 29.3 Å². The van der Waals surface area contributed by atoms with Crippen LogP contribution in [0.4, 0.5) is 0 Å².